The van der Waals surface area contributed by atoms with E-state index < -0.39 is 0 Å². The highest BCUT2D eigenvalue weighted by molar-refractivity contribution is 5.94. The van der Waals surface area contributed by atoms with Gasteiger partial charge in [-0.3, -0.25) is 0 Å². The molecule has 0 heterocycles. The molecule has 0 aromatic heterocycles. The summed E-state index contributed by atoms with van der Waals surface area (Å²) in [7, 11) is 0. The van der Waals surface area contributed by atoms with Gasteiger partial charge in [0.2, 0.25) is 0 Å². The normalized spacial score (nSPS) is 14.3. The molecule has 2 heteroatoms. The number of rotatable bonds is 1. The monoisotopic (exact) mass is 323 g/mol. The summed E-state index contributed by atoms with van der Waals surface area (Å²) in [6, 6.07) is 23.9. The zero-order valence-corrected chi connectivity index (χ0v) is 13.7. The van der Waals surface area contributed by atoms with Crippen LogP contribution in [-0.2, 0) is 12.8 Å². The fraction of sp³-hybridized carbons (Fsp3) is 0.0870. The van der Waals surface area contributed by atoms with Crippen molar-refractivity contribution in [2.24, 2.45) is 0 Å². The van der Waals surface area contributed by atoms with E-state index in [2.05, 4.69) is 36.4 Å². The number of fused-ring (bicyclic) bond motifs is 2. The molecular formula is C23H17NO. The summed E-state index contributed by atoms with van der Waals surface area (Å²) in [6.07, 6.45) is 3.87. The van der Waals surface area contributed by atoms with Crippen LogP contribution in [0.25, 0.3) is 11.6 Å². The highest BCUT2D eigenvalue weighted by Crippen LogP contribution is 2.36. The van der Waals surface area contributed by atoms with Gasteiger partial charge in [-0.1, -0.05) is 48.5 Å². The van der Waals surface area contributed by atoms with E-state index in [1.54, 1.807) is 12.1 Å². The maximum absolute atomic E-state index is 9.80. The topological polar surface area (TPSA) is 44.0 Å². The number of aromatic hydroxyl groups is 1. The Balaban J connectivity index is 2.00. The third kappa shape index (κ3) is 2.81. The predicted octanol–water partition coefficient (Wildman–Crippen LogP) is 4.95. The Kier molecular flexibility index (Phi) is 3.84. The molecule has 0 bridgehead atoms. The Bertz CT molecular complexity index is 1020. The van der Waals surface area contributed by atoms with Crippen molar-refractivity contribution >= 4 is 11.6 Å². The zero-order chi connectivity index (χ0) is 17.2. The molecule has 120 valence electrons. The molecule has 1 aliphatic rings. The van der Waals surface area contributed by atoms with Crippen molar-refractivity contribution in [2.75, 3.05) is 0 Å². The number of aryl methyl sites for hydroxylation is 1. The summed E-state index contributed by atoms with van der Waals surface area (Å²) in [5.74, 6) is 0.252. The lowest BCUT2D eigenvalue weighted by molar-refractivity contribution is 0.475. The number of hydrogen-bond acceptors (Lipinski definition) is 2. The van der Waals surface area contributed by atoms with Crippen LogP contribution in [0.2, 0.25) is 0 Å². The SMILES string of the molecule is N#Cc1cccc2c1CCc1ccccc1C2=Cc1cccc(O)c1. The Morgan fingerprint density at radius 3 is 2.52 bits per heavy atom. The van der Waals surface area contributed by atoms with Gasteiger partial charge in [-0.25, -0.2) is 0 Å². The summed E-state index contributed by atoms with van der Waals surface area (Å²) < 4.78 is 0. The van der Waals surface area contributed by atoms with Gasteiger partial charge in [-0.05, 0) is 70.5 Å². The third-order valence-electron chi connectivity index (χ3n) is 4.72. The van der Waals surface area contributed by atoms with Crippen LogP contribution in [0.3, 0.4) is 0 Å². The van der Waals surface area contributed by atoms with Crippen molar-refractivity contribution in [1.82, 2.24) is 0 Å². The van der Waals surface area contributed by atoms with E-state index in [4.69, 9.17) is 0 Å². The standard InChI is InChI=1S/C23H17NO/c24-15-18-7-4-10-22-21(18)12-11-17-6-1-2-9-20(17)23(22)14-16-5-3-8-19(25)13-16/h1-10,13-14,25H,11-12H2. The van der Waals surface area contributed by atoms with Crippen LogP contribution in [-0.4, -0.2) is 5.11 Å². The summed E-state index contributed by atoms with van der Waals surface area (Å²) in [6.45, 7) is 0. The minimum absolute atomic E-state index is 0.252. The number of nitriles is 1. The molecule has 0 saturated heterocycles. The van der Waals surface area contributed by atoms with Crippen LogP contribution >= 0.6 is 0 Å². The summed E-state index contributed by atoms with van der Waals surface area (Å²) in [5.41, 5.74) is 7.48. The van der Waals surface area contributed by atoms with Crippen molar-refractivity contribution in [1.29, 1.82) is 5.26 Å². The van der Waals surface area contributed by atoms with E-state index in [1.165, 1.54) is 11.1 Å². The van der Waals surface area contributed by atoms with Gasteiger partial charge < -0.3 is 5.11 Å². The summed E-state index contributed by atoms with van der Waals surface area (Å²) >= 11 is 0. The Hall–Kier alpha value is -3.31. The van der Waals surface area contributed by atoms with E-state index in [0.717, 1.165) is 40.7 Å². The molecular weight excluding hydrogens is 306 g/mol. The fourth-order valence-corrected chi connectivity index (χ4v) is 3.56. The second-order valence-corrected chi connectivity index (χ2v) is 6.25. The lowest BCUT2D eigenvalue weighted by atomic mass is 9.91. The van der Waals surface area contributed by atoms with Crippen LogP contribution in [0.5, 0.6) is 5.75 Å². The van der Waals surface area contributed by atoms with Gasteiger partial charge in [0.05, 0.1) is 11.6 Å². The molecule has 0 spiro atoms. The highest BCUT2D eigenvalue weighted by atomic mass is 16.3. The molecule has 0 amide bonds. The molecule has 3 aromatic carbocycles. The number of benzene rings is 3. The van der Waals surface area contributed by atoms with Gasteiger partial charge in [-0.2, -0.15) is 5.26 Å². The van der Waals surface area contributed by atoms with E-state index in [1.807, 2.05) is 30.3 Å². The fourth-order valence-electron chi connectivity index (χ4n) is 3.56. The molecule has 0 fully saturated rings. The molecule has 0 unspecified atom stereocenters. The van der Waals surface area contributed by atoms with Gasteiger partial charge in [0.25, 0.3) is 0 Å². The van der Waals surface area contributed by atoms with Crippen LogP contribution in [0.4, 0.5) is 0 Å². The van der Waals surface area contributed by atoms with Crippen molar-refractivity contribution in [3.63, 3.8) is 0 Å². The predicted molar refractivity (Wildman–Crippen MR) is 100 cm³/mol. The molecule has 3 aromatic rings. The molecule has 0 radical (unpaired) electrons. The lowest BCUT2D eigenvalue weighted by Gasteiger charge is -2.13. The minimum Gasteiger partial charge on any atom is -0.508 e. The van der Waals surface area contributed by atoms with E-state index in [0.29, 0.717) is 0 Å². The van der Waals surface area contributed by atoms with Crippen molar-refractivity contribution in [3.8, 4) is 11.8 Å². The average Bonchev–Trinajstić information content (AvgIpc) is 2.79. The Morgan fingerprint density at radius 1 is 0.880 bits per heavy atom. The van der Waals surface area contributed by atoms with Crippen molar-refractivity contribution in [3.05, 3.63) is 100 Å². The molecule has 2 nitrogen and oxygen atoms in total. The number of nitrogens with zero attached hydrogens (tertiary/aromatic N) is 1. The molecule has 0 aliphatic heterocycles. The third-order valence-corrected chi connectivity index (χ3v) is 4.72. The van der Waals surface area contributed by atoms with Gasteiger partial charge in [-0.15, -0.1) is 0 Å². The first-order chi connectivity index (χ1) is 12.3. The number of phenols is 1. The van der Waals surface area contributed by atoms with Crippen LogP contribution in [0.15, 0.2) is 66.7 Å². The highest BCUT2D eigenvalue weighted by Gasteiger charge is 2.20. The molecule has 0 saturated carbocycles. The molecule has 25 heavy (non-hydrogen) atoms. The first kappa shape index (κ1) is 15.2. The van der Waals surface area contributed by atoms with Crippen LogP contribution in [0, 0.1) is 11.3 Å². The average molecular weight is 323 g/mol. The van der Waals surface area contributed by atoms with Gasteiger partial charge in [0.15, 0.2) is 0 Å². The largest absolute Gasteiger partial charge is 0.508 e. The Labute approximate surface area is 147 Å². The van der Waals surface area contributed by atoms with Crippen molar-refractivity contribution < 1.29 is 5.11 Å². The maximum atomic E-state index is 9.80. The van der Waals surface area contributed by atoms with Crippen LogP contribution in [0.1, 0.15) is 33.4 Å². The van der Waals surface area contributed by atoms with Crippen LogP contribution < -0.4 is 0 Å². The quantitative estimate of drug-likeness (QED) is 0.688. The van der Waals surface area contributed by atoms with Gasteiger partial charge in [0, 0.05) is 0 Å². The molecule has 1 N–H and O–H groups in total. The summed E-state index contributed by atoms with van der Waals surface area (Å²) in [5, 5.41) is 19.3. The second kappa shape index (κ2) is 6.30. The number of phenolic OH excluding ortho intramolecular Hbond substituents is 1. The Morgan fingerprint density at radius 2 is 1.68 bits per heavy atom. The van der Waals surface area contributed by atoms with E-state index in [-0.39, 0.29) is 5.75 Å². The number of hydrogen-bond donors (Lipinski definition) is 1. The first-order valence-electron chi connectivity index (χ1n) is 8.37. The second-order valence-electron chi connectivity index (χ2n) is 6.25. The molecule has 0 atom stereocenters. The molecule has 4 rings (SSSR count). The maximum Gasteiger partial charge on any atom is 0.116 e. The first-order valence-corrected chi connectivity index (χ1v) is 8.37. The van der Waals surface area contributed by atoms with Crippen molar-refractivity contribution in [2.45, 2.75) is 12.8 Å². The summed E-state index contributed by atoms with van der Waals surface area (Å²) in [4.78, 5) is 0. The van der Waals surface area contributed by atoms with E-state index in [9.17, 15) is 10.4 Å². The van der Waals surface area contributed by atoms with Gasteiger partial charge in [0.1, 0.15) is 5.75 Å². The lowest BCUT2D eigenvalue weighted by Crippen LogP contribution is -1.96. The molecule has 1 aliphatic carbocycles. The minimum atomic E-state index is 0.252. The smallest absolute Gasteiger partial charge is 0.116 e. The zero-order valence-electron chi connectivity index (χ0n) is 13.7. The van der Waals surface area contributed by atoms with Gasteiger partial charge >= 0.3 is 0 Å². The van der Waals surface area contributed by atoms with E-state index >= 15 is 0 Å².